The van der Waals surface area contributed by atoms with Crippen LogP contribution in [-0.2, 0) is 6.42 Å². The molecular weight excluding hydrogens is 253 g/mol. The van der Waals surface area contributed by atoms with Crippen LogP contribution in [0, 0.1) is 5.82 Å². The van der Waals surface area contributed by atoms with Gasteiger partial charge in [-0.15, -0.1) is 0 Å². The first-order valence-corrected chi connectivity index (χ1v) is 5.08. The number of hydrogen-bond donors (Lipinski definition) is 1. The Bertz CT molecular complexity index is 344. The Morgan fingerprint density at radius 3 is 2.86 bits per heavy atom. The molecule has 0 saturated heterocycles. The van der Waals surface area contributed by atoms with Crippen LogP contribution in [0.25, 0.3) is 0 Å². The summed E-state index contributed by atoms with van der Waals surface area (Å²) in [7, 11) is 0. The quantitative estimate of drug-likeness (QED) is 0.849. The highest BCUT2D eigenvalue weighted by atomic mass is 79.9. The van der Waals surface area contributed by atoms with Crippen molar-refractivity contribution >= 4 is 22.0 Å². The zero-order chi connectivity index (χ0) is 10.6. The van der Waals surface area contributed by atoms with Crippen LogP contribution in [0.1, 0.15) is 5.56 Å². The lowest BCUT2D eigenvalue weighted by Gasteiger charge is -2.05. The summed E-state index contributed by atoms with van der Waals surface area (Å²) in [5.74, 6) is -0.665. The van der Waals surface area contributed by atoms with Crippen LogP contribution < -0.4 is 10.5 Å². The van der Waals surface area contributed by atoms with Crippen LogP contribution in [0.2, 0.25) is 0 Å². The Balaban J connectivity index is 2.94. The van der Waals surface area contributed by atoms with Gasteiger partial charge in [0.15, 0.2) is 11.6 Å². The van der Waals surface area contributed by atoms with Gasteiger partial charge in [0.1, 0.15) is 0 Å². The Morgan fingerprint density at radius 2 is 2.29 bits per heavy atom. The zero-order valence-corrected chi connectivity index (χ0v) is 8.88. The second kappa shape index (κ2) is 4.95. The van der Waals surface area contributed by atoms with Gasteiger partial charge in [-0.1, -0.05) is 28.1 Å². The standard InChI is InChI=1S/C9H9BrFNO2/c10-5-4-6-2-1-3-7(8(6)11)14-9(12)13/h1-3H,4-5H2,(H2,12,13). The lowest BCUT2D eigenvalue weighted by molar-refractivity contribution is 0.208. The van der Waals surface area contributed by atoms with Crippen molar-refractivity contribution in [1.29, 1.82) is 0 Å². The van der Waals surface area contributed by atoms with Crippen molar-refractivity contribution in [3.05, 3.63) is 29.6 Å². The topological polar surface area (TPSA) is 52.3 Å². The molecule has 0 radical (unpaired) electrons. The van der Waals surface area contributed by atoms with Gasteiger partial charge in [-0.05, 0) is 18.1 Å². The summed E-state index contributed by atoms with van der Waals surface area (Å²) in [5.41, 5.74) is 5.27. The Labute approximate surface area is 89.2 Å². The molecule has 2 N–H and O–H groups in total. The van der Waals surface area contributed by atoms with E-state index >= 15 is 0 Å². The number of halogens is 2. The number of rotatable bonds is 3. The van der Waals surface area contributed by atoms with E-state index in [1.165, 1.54) is 6.07 Å². The highest BCUT2D eigenvalue weighted by Crippen LogP contribution is 2.21. The van der Waals surface area contributed by atoms with Crippen molar-refractivity contribution in [3.8, 4) is 5.75 Å². The molecule has 0 bridgehead atoms. The van der Waals surface area contributed by atoms with Crippen LogP contribution in [0.4, 0.5) is 9.18 Å². The third-order valence-corrected chi connectivity index (χ3v) is 2.01. The third kappa shape index (κ3) is 2.70. The lowest BCUT2D eigenvalue weighted by atomic mass is 10.1. The van der Waals surface area contributed by atoms with Gasteiger partial charge in [-0.3, -0.25) is 0 Å². The highest BCUT2D eigenvalue weighted by Gasteiger charge is 2.10. The molecule has 0 unspecified atom stereocenters. The molecule has 0 atom stereocenters. The molecule has 1 aromatic carbocycles. The number of aryl methyl sites for hydroxylation is 1. The molecule has 1 rings (SSSR count). The number of primary amides is 1. The normalized spacial score (nSPS) is 9.86. The summed E-state index contributed by atoms with van der Waals surface area (Å²) in [6.07, 6.45) is -0.484. The number of nitrogens with two attached hydrogens (primary N) is 1. The number of carbonyl (C=O) groups is 1. The summed E-state index contributed by atoms with van der Waals surface area (Å²) in [4.78, 5) is 10.4. The summed E-state index contributed by atoms with van der Waals surface area (Å²) in [6, 6.07) is 4.60. The molecule has 0 aliphatic heterocycles. The van der Waals surface area contributed by atoms with Crippen LogP contribution in [0.15, 0.2) is 18.2 Å². The van der Waals surface area contributed by atoms with E-state index in [1.807, 2.05) is 0 Å². The average molecular weight is 262 g/mol. The van der Waals surface area contributed by atoms with E-state index in [1.54, 1.807) is 12.1 Å². The van der Waals surface area contributed by atoms with Crippen molar-refractivity contribution in [3.63, 3.8) is 0 Å². The van der Waals surface area contributed by atoms with Gasteiger partial charge >= 0.3 is 6.09 Å². The minimum absolute atomic E-state index is 0.129. The Hall–Kier alpha value is -1.10. The molecule has 0 aliphatic rings. The van der Waals surface area contributed by atoms with Gasteiger partial charge in [0.05, 0.1) is 0 Å². The van der Waals surface area contributed by atoms with Crippen LogP contribution in [-0.4, -0.2) is 11.4 Å². The molecule has 1 aromatic rings. The first-order valence-electron chi connectivity index (χ1n) is 3.95. The van der Waals surface area contributed by atoms with E-state index in [0.29, 0.717) is 17.3 Å². The fourth-order valence-corrected chi connectivity index (χ4v) is 1.47. The van der Waals surface area contributed by atoms with Crippen molar-refractivity contribution in [2.24, 2.45) is 5.73 Å². The summed E-state index contributed by atoms with van der Waals surface area (Å²) in [5, 5.41) is 0.643. The molecule has 14 heavy (non-hydrogen) atoms. The van der Waals surface area contributed by atoms with Gasteiger partial charge in [-0.2, -0.15) is 0 Å². The summed E-state index contributed by atoms with van der Waals surface area (Å²) >= 11 is 3.20. The van der Waals surface area contributed by atoms with E-state index in [4.69, 9.17) is 5.73 Å². The van der Waals surface area contributed by atoms with Gasteiger partial charge in [0.2, 0.25) is 0 Å². The Kier molecular flexibility index (Phi) is 3.88. The number of benzene rings is 1. The van der Waals surface area contributed by atoms with Crippen LogP contribution in [0.5, 0.6) is 5.75 Å². The molecule has 3 nitrogen and oxygen atoms in total. The maximum absolute atomic E-state index is 13.5. The molecule has 0 saturated carbocycles. The number of ether oxygens (including phenoxy) is 1. The first kappa shape index (κ1) is 11.0. The molecule has 0 spiro atoms. The van der Waals surface area contributed by atoms with Crippen LogP contribution in [0.3, 0.4) is 0 Å². The van der Waals surface area contributed by atoms with Crippen molar-refractivity contribution in [2.45, 2.75) is 6.42 Å². The van der Waals surface area contributed by atoms with Crippen LogP contribution >= 0.6 is 15.9 Å². The molecule has 1 amide bonds. The number of alkyl halides is 1. The fourth-order valence-electron chi connectivity index (χ4n) is 1.04. The van der Waals surface area contributed by atoms with Gasteiger partial charge in [0, 0.05) is 5.33 Å². The molecule has 76 valence electrons. The van der Waals surface area contributed by atoms with E-state index in [0.717, 1.165) is 0 Å². The second-order valence-electron chi connectivity index (χ2n) is 2.59. The highest BCUT2D eigenvalue weighted by molar-refractivity contribution is 9.09. The summed E-state index contributed by atoms with van der Waals surface area (Å²) < 4.78 is 17.9. The van der Waals surface area contributed by atoms with Crippen molar-refractivity contribution in [1.82, 2.24) is 0 Å². The predicted octanol–water partition coefficient (Wildman–Crippen LogP) is 2.22. The maximum Gasteiger partial charge on any atom is 0.410 e. The van der Waals surface area contributed by atoms with Crippen molar-refractivity contribution in [2.75, 3.05) is 5.33 Å². The molecular formula is C9H9BrFNO2. The minimum atomic E-state index is -1.01. The van der Waals surface area contributed by atoms with Gasteiger partial charge < -0.3 is 10.5 Å². The maximum atomic E-state index is 13.5. The molecule has 0 aromatic heterocycles. The zero-order valence-electron chi connectivity index (χ0n) is 7.30. The van der Waals surface area contributed by atoms with Gasteiger partial charge in [-0.25, -0.2) is 9.18 Å². The molecule has 5 heteroatoms. The predicted molar refractivity (Wildman–Crippen MR) is 54.1 cm³/mol. The molecule has 0 aliphatic carbocycles. The Morgan fingerprint density at radius 1 is 1.57 bits per heavy atom. The lowest BCUT2D eigenvalue weighted by Crippen LogP contribution is -2.17. The van der Waals surface area contributed by atoms with Gasteiger partial charge in [0.25, 0.3) is 0 Å². The first-order chi connectivity index (χ1) is 6.65. The third-order valence-electron chi connectivity index (χ3n) is 1.62. The largest absolute Gasteiger partial charge is 0.410 e. The minimum Gasteiger partial charge on any atom is -0.407 e. The van der Waals surface area contributed by atoms with E-state index in [9.17, 15) is 9.18 Å². The van der Waals surface area contributed by atoms with E-state index in [-0.39, 0.29) is 5.75 Å². The SMILES string of the molecule is NC(=O)Oc1cccc(CCBr)c1F. The van der Waals surface area contributed by atoms with E-state index < -0.39 is 11.9 Å². The molecule has 0 fully saturated rings. The monoisotopic (exact) mass is 261 g/mol. The average Bonchev–Trinajstić information content (AvgIpc) is 2.11. The smallest absolute Gasteiger partial charge is 0.407 e. The number of amides is 1. The fraction of sp³-hybridized carbons (Fsp3) is 0.222. The molecule has 0 heterocycles. The van der Waals surface area contributed by atoms with Crippen molar-refractivity contribution < 1.29 is 13.9 Å². The number of hydrogen-bond acceptors (Lipinski definition) is 2. The van der Waals surface area contributed by atoms with E-state index in [2.05, 4.69) is 20.7 Å². The second-order valence-corrected chi connectivity index (χ2v) is 3.38. The number of carbonyl (C=O) groups excluding carboxylic acids is 1. The summed E-state index contributed by atoms with van der Waals surface area (Å²) in [6.45, 7) is 0.